The molecule has 0 aliphatic carbocycles. The summed E-state index contributed by atoms with van der Waals surface area (Å²) in [6.45, 7) is 6.23. The van der Waals surface area contributed by atoms with Crippen LogP contribution in [-0.2, 0) is 11.2 Å². The molecule has 1 amide bonds. The Kier molecular flexibility index (Phi) is 4.60. The van der Waals surface area contributed by atoms with Crippen LogP contribution in [0.25, 0.3) is 0 Å². The van der Waals surface area contributed by atoms with Gasteiger partial charge in [0.25, 0.3) is 0 Å². The molecule has 1 aromatic heterocycles. The lowest BCUT2D eigenvalue weighted by molar-refractivity contribution is -0.115. The van der Waals surface area contributed by atoms with Crippen LogP contribution < -0.4 is 10.2 Å². The fourth-order valence-corrected chi connectivity index (χ4v) is 2.78. The number of nitrogens with zero attached hydrogens (tertiary/aromatic N) is 3. The zero-order valence-corrected chi connectivity index (χ0v) is 13.6. The Bertz CT molecular complexity index is 657. The van der Waals surface area contributed by atoms with Crippen molar-refractivity contribution in [1.82, 2.24) is 10.1 Å². The number of aryl methyl sites for hydroxylation is 1. The molecule has 122 valence electrons. The molecule has 6 heteroatoms. The fourth-order valence-electron chi connectivity index (χ4n) is 2.78. The number of amides is 1. The highest BCUT2D eigenvalue weighted by atomic mass is 16.5. The lowest BCUT2D eigenvalue weighted by Crippen LogP contribution is -2.32. The van der Waals surface area contributed by atoms with E-state index in [1.54, 1.807) is 6.92 Å². The average molecular weight is 314 g/mol. The van der Waals surface area contributed by atoms with Crippen LogP contribution in [0.4, 0.5) is 11.4 Å². The van der Waals surface area contributed by atoms with Crippen molar-refractivity contribution in [3.63, 3.8) is 0 Å². The summed E-state index contributed by atoms with van der Waals surface area (Å²) in [6, 6.07) is 7.99. The Morgan fingerprint density at radius 3 is 2.61 bits per heavy atom. The Morgan fingerprint density at radius 1 is 1.30 bits per heavy atom. The van der Waals surface area contributed by atoms with Crippen LogP contribution in [0.3, 0.4) is 0 Å². The van der Waals surface area contributed by atoms with Crippen molar-refractivity contribution in [3.05, 3.63) is 36.0 Å². The van der Waals surface area contributed by atoms with Gasteiger partial charge in [-0.2, -0.15) is 4.98 Å². The number of carbonyl (C=O) groups is 1. The molecule has 3 rings (SSSR count). The molecule has 23 heavy (non-hydrogen) atoms. The number of piperidine rings is 1. The van der Waals surface area contributed by atoms with Crippen LogP contribution in [-0.4, -0.2) is 29.1 Å². The highest BCUT2D eigenvalue weighted by Gasteiger charge is 2.16. The summed E-state index contributed by atoms with van der Waals surface area (Å²) >= 11 is 0. The van der Waals surface area contributed by atoms with Crippen LogP contribution in [0, 0.1) is 12.8 Å². The highest BCUT2D eigenvalue weighted by molar-refractivity contribution is 5.91. The fraction of sp³-hybridized carbons (Fsp3) is 0.471. The van der Waals surface area contributed by atoms with Crippen LogP contribution >= 0.6 is 0 Å². The first-order valence-corrected chi connectivity index (χ1v) is 8.04. The third-order valence-electron chi connectivity index (χ3n) is 4.18. The first-order valence-electron chi connectivity index (χ1n) is 8.04. The summed E-state index contributed by atoms with van der Waals surface area (Å²) in [5.41, 5.74) is 1.99. The van der Waals surface area contributed by atoms with Crippen molar-refractivity contribution in [1.29, 1.82) is 0 Å². The molecule has 1 fully saturated rings. The minimum Gasteiger partial charge on any atom is -0.372 e. The van der Waals surface area contributed by atoms with Crippen molar-refractivity contribution in [2.75, 3.05) is 23.3 Å². The number of benzene rings is 1. The van der Waals surface area contributed by atoms with Gasteiger partial charge in [0.05, 0.1) is 0 Å². The van der Waals surface area contributed by atoms with E-state index in [0.717, 1.165) is 24.7 Å². The Labute approximate surface area is 135 Å². The maximum atomic E-state index is 12.0. The number of carbonyl (C=O) groups excluding carboxylic acids is 1. The topological polar surface area (TPSA) is 71.3 Å². The van der Waals surface area contributed by atoms with Crippen molar-refractivity contribution in [2.45, 2.75) is 33.1 Å². The zero-order chi connectivity index (χ0) is 16.2. The second kappa shape index (κ2) is 6.81. The quantitative estimate of drug-likeness (QED) is 0.939. The summed E-state index contributed by atoms with van der Waals surface area (Å²) in [6.07, 6.45) is 2.57. The third kappa shape index (κ3) is 4.09. The van der Waals surface area contributed by atoms with Gasteiger partial charge in [-0.05, 0) is 49.9 Å². The third-order valence-corrected chi connectivity index (χ3v) is 4.18. The molecule has 6 nitrogen and oxygen atoms in total. The monoisotopic (exact) mass is 314 g/mol. The molecule has 0 saturated carbocycles. The minimum absolute atomic E-state index is 0.0899. The summed E-state index contributed by atoms with van der Waals surface area (Å²) in [4.78, 5) is 18.4. The van der Waals surface area contributed by atoms with Crippen molar-refractivity contribution < 1.29 is 9.32 Å². The first kappa shape index (κ1) is 15.5. The number of nitrogens with one attached hydrogen (secondary N) is 1. The van der Waals surface area contributed by atoms with Gasteiger partial charge < -0.3 is 14.7 Å². The SMILES string of the molecule is Cc1noc(CC(=O)Nc2ccc(N3CCC(C)CC3)cc2)n1. The van der Waals surface area contributed by atoms with E-state index < -0.39 is 0 Å². The van der Waals surface area contributed by atoms with Gasteiger partial charge in [0.1, 0.15) is 6.42 Å². The van der Waals surface area contributed by atoms with Crippen LogP contribution in [0.5, 0.6) is 0 Å². The maximum absolute atomic E-state index is 12.0. The van der Waals surface area contributed by atoms with Crippen LogP contribution in [0.2, 0.25) is 0 Å². The second-order valence-corrected chi connectivity index (χ2v) is 6.18. The summed E-state index contributed by atoms with van der Waals surface area (Å²) in [5, 5.41) is 6.53. The van der Waals surface area contributed by atoms with E-state index in [2.05, 4.69) is 39.4 Å². The molecule has 0 bridgehead atoms. The van der Waals surface area contributed by atoms with Crippen molar-refractivity contribution >= 4 is 17.3 Å². The molecular weight excluding hydrogens is 292 g/mol. The largest absolute Gasteiger partial charge is 0.372 e. The predicted octanol–water partition coefficient (Wildman–Crippen LogP) is 2.80. The van der Waals surface area contributed by atoms with E-state index in [9.17, 15) is 4.79 Å². The molecule has 0 spiro atoms. The molecule has 0 radical (unpaired) electrons. The molecule has 1 aromatic carbocycles. The van der Waals surface area contributed by atoms with Crippen LogP contribution in [0.1, 0.15) is 31.5 Å². The lowest BCUT2D eigenvalue weighted by Gasteiger charge is -2.32. The standard InChI is InChI=1S/C17H22N4O2/c1-12-7-9-21(10-8-12)15-5-3-14(4-6-15)19-16(22)11-17-18-13(2)20-23-17/h3-6,12H,7-11H2,1-2H3,(H,19,22). The smallest absolute Gasteiger partial charge is 0.236 e. The van der Waals surface area contributed by atoms with Crippen molar-refractivity contribution in [3.8, 4) is 0 Å². The molecule has 1 saturated heterocycles. The van der Waals surface area contributed by atoms with Gasteiger partial charge in [-0.3, -0.25) is 4.79 Å². The summed E-state index contributed by atoms with van der Waals surface area (Å²) < 4.78 is 4.95. The van der Waals surface area contributed by atoms with E-state index in [1.165, 1.54) is 18.5 Å². The van der Waals surface area contributed by atoms with E-state index in [-0.39, 0.29) is 12.3 Å². The van der Waals surface area contributed by atoms with Crippen LogP contribution in [0.15, 0.2) is 28.8 Å². The van der Waals surface area contributed by atoms with Gasteiger partial charge in [-0.1, -0.05) is 12.1 Å². The maximum Gasteiger partial charge on any atom is 0.236 e. The lowest BCUT2D eigenvalue weighted by atomic mass is 9.99. The highest BCUT2D eigenvalue weighted by Crippen LogP contribution is 2.24. The molecular formula is C17H22N4O2. The van der Waals surface area contributed by atoms with Gasteiger partial charge in [-0.15, -0.1) is 0 Å². The first-order chi connectivity index (χ1) is 11.1. The Morgan fingerprint density at radius 2 is 2.00 bits per heavy atom. The van der Waals surface area contributed by atoms with Gasteiger partial charge in [0.15, 0.2) is 5.82 Å². The zero-order valence-electron chi connectivity index (χ0n) is 13.6. The normalized spacial score (nSPS) is 15.7. The average Bonchev–Trinajstić information content (AvgIpc) is 2.94. The second-order valence-electron chi connectivity index (χ2n) is 6.18. The van der Waals surface area contributed by atoms with E-state index >= 15 is 0 Å². The van der Waals surface area contributed by atoms with E-state index in [1.807, 2.05) is 12.1 Å². The summed E-state index contributed by atoms with van der Waals surface area (Å²) in [5.74, 6) is 1.53. The molecule has 0 atom stereocenters. The predicted molar refractivity (Wildman–Crippen MR) is 88.4 cm³/mol. The number of rotatable bonds is 4. The van der Waals surface area contributed by atoms with Gasteiger partial charge >= 0.3 is 0 Å². The van der Waals surface area contributed by atoms with Crippen molar-refractivity contribution in [2.24, 2.45) is 5.92 Å². The molecule has 1 N–H and O–H groups in total. The van der Waals surface area contributed by atoms with Gasteiger partial charge in [0.2, 0.25) is 11.8 Å². The van der Waals surface area contributed by atoms with E-state index in [4.69, 9.17) is 4.52 Å². The number of anilines is 2. The molecule has 1 aliphatic rings. The number of aromatic nitrogens is 2. The Balaban J connectivity index is 1.55. The number of hydrogen-bond donors (Lipinski definition) is 1. The molecule has 2 aromatic rings. The summed E-state index contributed by atoms with van der Waals surface area (Å²) in [7, 11) is 0. The molecule has 1 aliphatic heterocycles. The van der Waals surface area contributed by atoms with Gasteiger partial charge in [-0.25, -0.2) is 0 Å². The van der Waals surface area contributed by atoms with E-state index in [0.29, 0.717) is 11.7 Å². The molecule has 0 unspecified atom stereocenters. The Hall–Kier alpha value is -2.37. The molecule has 2 heterocycles. The van der Waals surface area contributed by atoms with Gasteiger partial charge in [0, 0.05) is 24.5 Å². The number of hydrogen-bond acceptors (Lipinski definition) is 5. The minimum atomic E-state index is -0.159.